The van der Waals surface area contributed by atoms with Crippen molar-refractivity contribution in [2.75, 3.05) is 0 Å². The summed E-state index contributed by atoms with van der Waals surface area (Å²) in [5.74, 6) is -1.53. The molecule has 0 rings (SSSR count). The number of rotatable bonds is 3. The fraction of sp³-hybridized carbons (Fsp3) is 0.400. The Bertz CT molecular complexity index is 136. The van der Waals surface area contributed by atoms with Crippen molar-refractivity contribution in [3.63, 3.8) is 0 Å². The Hall–Kier alpha value is 0.130. The van der Waals surface area contributed by atoms with Crippen molar-refractivity contribution < 1.29 is 49.6 Å². The number of hydrogen-bond acceptors (Lipinski definition) is 4. The first-order valence-corrected chi connectivity index (χ1v) is 2.24. The smallest absolute Gasteiger partial charge is 0.547 e. The summed E-state index contributed by atoms with van der Waals surface area (Å²) in [7, 11) is 0. The minimum atomic E-state index is -1.79. The predicted octanol–water partition coefficient (Wildman–Crippen LogP) is -3.83. The number of carboxylic acid groups (broad SMARTS) is 1. The van der Waals surface area contributed by atoms with Crippen molar-refractivity contribution >= 4 is 5.97 Å². The number of carbonyl (C=O) groups is 1. The largest absolute Gasteiger partial charge is 1.00 e. The second kappa shape index (κ2) is 4.87. The molecule has 0 aromatic carbocycles. The molecule has 0 aliphatic carbocycles. The molecule has 0 heterocycles. The third kappa shape index (κ3) is 2.81. The van der Waals surface area contributed by atoms with Gasteiger partial charge in [0.2, 0.25) is 0 Å². The van der Waals surface area contributed by atoms with Gasteiger partial charge in [0.05, 0.1) is 5.97 Å². The van der Waals surface area contributed by atoms with E-state index < -0.39 is 11.6 Å². The molecule has 52 valence electrons. The average molecular weight is 154 g/mol. The normalized spacial score (nSPS) is 14.6. The van der Waals surface area contributed by atoms with Gasteiger partial charge in [0.15, 0.2) is 5.60 Å². The van der Waals surface area contributed by atoms with Gasteiger partial charge in [0, 0.05) is 0 Å². The molecule has 0 bridgehead atoms. The van der Waals surface area contributed by atoms with E-state index >= 15 is 0 Å². The summed E-state index contributed by atoms with van der Waals surface area (Å²) in [6.07, 6.45) is 0.933. The minimum absolute atomic E-state index is 0. The van der Waals surface area contributed by atoms with Gasteiger partial charge in [0.25, 0.3) is 0 Å². The van der Waals surface area contributed by atoms with Crippen LogP contribution in [0.15, 0.2) is 12.7 Å². The molecule has 0 spiro atoms. The molecule has 1 atom stereocenters. The zero-order valence-electron chi connectivity index (χ0n) is 5.96. The van der Waals surface area contributed by atoms with Gasteiger partial charge in [-0.15, -0.1) is 0 Å². The molecular weight excluding hydrogens is 147 g/mol. The van der Waals surface area contributed by atoms with E-state index in [1.54, 1.807) is 0 Å². The fourth-order valence-electron chi connectivity index (χ4n) is 0.158. The maximum absolute atomic E-state index is 10.0. The summed E-state index contributed by atoms with van der Waals surface area (Å²) in [6, 6.07) is 0. The first kappa shape index (κ1) is 12.8. The van der Waals surface area contributed by atoms with Crippen molar-refractivity contribution in [2.45, 2.75) is 12.5 Å². The zero-order chi connectivity index (χ0) is 7.49. The first-order chi connectivity index (χ1) is 4.06. The number of hydrogen-bond donors (Lipinski definition) is 1. The van der Waals surface area contributed by atoms with E-state index in [9.17, 15) is 9.90 Å². The van der Waals surface area contributed by atoms with E-state index in [0.29, 0.717) is 0 Å². The molecule has 0 fully saturated rings. The van der Waals surface area contributed by atoms with Crippen molar-refractivity contribution in [2.24, 2.45) is 0 Å². The van der Waals surface area contributed by atoms with Crippen LogP contribution in [0.25, 0.3) is 0 Å². The maximum Gasteiger partial charge on any atom is 1.00 e. The van der Waals surface area contributed by atoms with Crippen LogP contribution in [0.1, 0.15) is 6.92 Å². The van der Waals surface area contributed by atoms with Crippen LogP contribution in [-0.2, 0) is 9.68 Å². The van der Waals surface area contributed by atoms with E-state index in [-0.39, 0.29) is 29.6 Å². The van der Waals surface area contributed by atoms with E-state index in [1.165, 1.54) is 0 Å². The van der Waals surface area contributed by atoms with E-state index in [2.05, 4.69) is 11.5 Å². The van der Waals surface area contributed by atoms with Crippen LogP contribution in [-0.4, -0.2) is 16.8 Å². The second-order valence-electron chi connectivity index (χ2n) is 1.69. The second-order valence-corrected chi connectivity index (χ2v) is 1.69. The van der Waals surface area contributed by atoms with E-state index in [1.807, 2.05) is 0 Å². The van der Waals surface area contributed by atoms with Gasteiger partial charge in [0.1, 0.15) is 0 Å². The SMILES string of the molecule is C=C[C@](C)(OO)C(=O)[O-].[Na+]. The molecular formula is C5H7NaO4. The Morgan fingerprint density at radius 3 is 2.30 bits per heavy atom. The molecule has 0 radical (unpaired) electrons. The van der Waals surface area contributed by atoms with Gasteiger partial charge < -0.3 is 9.90 Å². The monoisotopic (exact) mass is 154 g/mol. The van der Waals surface area contributed by atoms with Gasteiger partial charge in [-0.05, 0) is 6.92 Å². The van der Waals surface area contributed by atoms with Gasteiger partial charge >= 0.3 is 29.6 Å². The number of carboxylic acids is 1. The first-order valence-electron chi connectivity index (χ1n) is 2.24. The van der Waals surface area contributed by atoms with Gasteiger partial charge in [-0.2, -0.15) is 0 Å². The van der Waals surface area contributed by atoms with Crippen LogP contribution in [0.5, 0.6) is 0 Å². The molecule has 0 aromatic heterocycles. The van der Waals surface area contributed by atoms with E-state index in [0.717, 1.165) is 13.0 Å². The number of carbonyl (C=O) groups excluding carboxylic acids is 1. The fourth-order valence-corrected chi connectivity index (χ4v) is 0.158. The molecule has 1 N–H and O–H groups in total. The van der Waals surface area contributed by atoms with E-state index in [4.69, 9.17) is 5.26 Å². The maximum atomic E-state index is 10.0. The summed E-state index contributed by atoms with van der Waals surface area (Å²) in [4.78, 5) is 13.6. The summed E-state index contributed by atoms with van der Waals surface area (Å²) in [5, 5.41) is 18.0. The number of aliphatic carboxylic acids is 1. The Morgan fingerprint density at radius 1 is 1.90 bits per heavy atom. The summed E-state index contributed by atoms with van der Waals surface area (Å²) in [6.45, 7) is 4.24. The van der Waals surface area contributed by atoms with Crippen molar-refractivity contribution in [3.05, 3.63) is 12.7 Å². The molecule has 0 unspecified atom stereocenters. The topological polar surface area (TPSA) is 69.6 Å². The molecule has 0 aliphatic rings. The molecule has 4 nitrogen and oxygen atoms in total. The van der Waals surface area contributed by atoms with Crippen LogP contribution >= 0.6 is 0 Å². The van der Waals surface area contributed by atoms with Crippen LogP contribution in [0.3, 0.4) is 0 Å². The minimum Gasteiger partial charge on any atom is -0.547 e. The molecule has 10 heavy (non-hydrogen) atoms. The van der Waals surface area contributed by atoms with Crippen LogP contribution in [0.2, 0.25) is 0 Å². The van der Waals surface area contributed by atoms with Gasteiger partial charge in [-0.25, -0.2) is 4.89 Å². The quantitative estimate of drug-likeness (QED) is 0.196. The Morgan fingerprint density at radius 2 is 2.30 bits per heavy atom. The third-order valence-electron chi connectivity index (χ3n) is 0.984. The zero-order valence-corrected chi connectivity index (χ0v) is 7.96. The molecule has 0 saturated carbocycles. The van der Waals surface area contributed by atoms with Crippen molar-refractivity contribution in [3.8, 4) is 0 Å². The molecule has 0 aliphatic heterocycles. The van der Waals surface area contributed by atoms with Crippen molar-refractivity contribution in [1.82, 2.24) is 0 Å². The third-order valence-corrected chi connectivity index (χ3v) is 0.984. The Labute approximate surface area is 80.7 Å². The van der Waals surface area contributed by atoms with Crippen LogP contribution < -0.4 is 34.7 Å². The molecule has 0 saturated heterocycles. The van der Waals surface area contributed by atoms with Crippen LogP contribution in [0, 0.1) is 0 Å². The summed E-state index contributed by atoms with van der Waals surface area (Å²) in [5.41, 5.74) is -1.79. The van der Waals surface area contributed by atoms with Gasteiger partial charge in [-0.3, -0.25) is 5.26 Å². The summed E-state index contributed by atoms with van der Waals surface area (Å²) >= 11 is 0. The molecule has 0 amide bonds. The predicted molar refractivity (Wildman–Crippen MR) is 27.3 cm³/mol. The summed E-state index contributed by atoms with van der Waals surface area (Å²) < 4.78 is 0. The van der Waals surface area contributed by atoms with Crippen molar-refractivity contribution in [1.29, 1.82) is 0 Å². The molecule has 0 aromatic rings. The Kier molecular flexibility index (Phi) is 6.22. The molecule has 5 heteroatoms. The van der Waals surface area contributed by atoms with Crippen LogP contribution in [0.4, 0.5) is 0 Å². The Balaban J connectivity index is 0. The van der Waals surface area contributed by atoms with Gasteiger partial charge in [-0.1, -0.05) is 12.7 Å². The average Bonchev–Trinajstić information content (AvgIpc) is 1.86. The standard InChI is InChI=1S/C5H8O4.Na/c1-3-5(2,9-8)4(6)7;/h3,8H,1H2,2H3,(H,6,7);/q;+1/p-1/t5-;/m0./s1.